The molecule has 170 valence electrons. The van der Waals surface area contributed by atoms with Crippen molar-refractivity contribution in [1.29, 1.82) is 0 Å². The van der Waals surface area contributed by atoms with Crippen LogP contribution in [0.3, 0.4) is 0 Å². The van der Waals surface area contributed by atoms with E-state index in [0.29, 0.717) is 36.7 Å². The van der Waals surface area contributed by atoms with Crippen LogP contribution in [0, 0.1) is 5.41 Å². The number of rotatable bonds is 7. The minimum Gasteiger partial charge on any atom is -0.480 e. The number of ether oxygens (including phenoxy) is 1. The number of benzene rings is 1. The number of anilines is 1. The fourth-order valence-electron chi connectivity index (χ4n) is 4.46. The van der Waals surface area contributed by atoms with Gasteiger partial charge in [-0.15, -0.1) is 0 Å². The second-order valence-electron chi connectivity index (χ2n) is 8.75. The number of aliphatic imine (C=N–C) groups is 1. The first kappa shape index (κ1) is 22.0. The van der Waals surface area contributed by atoms with Crippen LogP contribution in [0.2, 0.25) is 0 Å². The fraction of sp³-hybridized carbons (Fsp3) is 0.435. The van der Waals surface area contributed by atoms with Crippen LogP contribution in [-0.2, 0) is 11.2 Å². The molecule has 4 rings (SSSR count). The van der Waals surface area contributed by atoms with E-state index in [4.69, 9.17) is 4.74 Å². The molecule has 0 bridgehead atoms. The summed E-state index contributed by atoms with van der Waals surface area (Å²) in [6, 6.07) is 7.57. The molecule has 4 atom stereocenters. The first-order valence-electron chi connectivity index (χ1n) is 10.6. The molecule has 0 radical (unpaired) electrons. The average molecular weight is 440 g/mol. The van der Waals surface area contributed by atoms with Crippen molar-refractivity contribution in [2.45, 2.75) is 44.4 Å². The number of hydrogen-bond donors (Lipinski definition) is 5. The number of amides is 1. The largest absolute Gasteiger partial charge is 0.480 e. The van der Waals surface area contributed by atoms with E-state index in [0.717, 1.165) is 16.5 Å². The van der Waals surface area contributed by atoms with Crippen molar-refractivity contribution in [2.24, 2.45) is 10.4 Å². The number of nitrogens with zero attached hydrogens (tertiary/aromatic N) is 2. The second kappa shape index (κ2) is 8.76. The van der Waals surface area contributed by atoms with Crippen molar-refractivity contribution in [3.63, 3.8) is 0 Å². The van der Waals surface area contributed by atoms with E-state index >= 15 is 0 Å². The van der Waals surface area contributed by atoms with Crippen molar-refractivity contribution in [3.05, 3.63) is 42.2 Å². The number of aromatic nitrogens is 1. The van der Waals surface area contributed by atoms with Gasteiger partial charge in [0.25, 0.3) is 5.91 Å². The highest BCUT2D eigenvalue weighted by molar-refractivity contribution is 5.96. The van der Waals surface area contributed by atoms with Crippen LogP contribution in [0.15, 0.2) is 41.7 Å². The number of pyridine rings is 1. The van der Waals surface area contributed by atoms with E-state index in [9.17, 15) is 15.0 Å². The number of hydrogen-bond acceptors (Lipinski definition) is 7. The van der Waals surface area contributed by atoms with Gasteiger partial charge < -0.3 is 30.9 Å². The third-order valence-electron chi connectivity index (χ3n) is 6.31. The summed E-state index contributed by atoms with van der Waals surface area (Å²) in [5, 5.41) is 31.0. The van der Waals surface area contributed by atoms with Crippen LogP contribution in [0.25, 0.3) is 10.9 Å². The summed E-state index contributed by atoms with van der Waals surface area (Å²) in [5.74, 6) is 1.31. The number of aryl methyl sites for hydroxylation is 1. The molecule has 1 saturated carbocycles. The third-order valence-corrected chi connectivity index (χ3v) is 6.31. The van der Waals surface area contributed by atoms with E-state index < -0.39 is 17.6 Å². The highest BCUT2D eigenvalue weighted by Gasteiger charge is 2.49. The third kappa shape index (κ3) is 4.39. The second-order valence-corrected chi connectivity index (χ2v) is 8.75. The Morgan fingerprint density at radius 2 is 2.25 bits per heavy atom. The molecule has 1 aliphatic heterocycles. The van der Waals surface area contributed by atoms with E-state index in [1.807, 2.05) is 31.2 Å². The molecule has 2 heterocycles. The SMILES string of the molecule is C=C(NC=NC)N[C@@H]1C[C@](C)(CCc2ccc3cc4c(nc3c2)NC(=O)CO4)[C@@H](O)[C@H]1O. The smallest absolute Gasteiger partial charge is 0.263 e. The van der Waals surface area contributed by atoms with Crippen molar-refractivity contribution < 1.29 is 19.7 Å². The first-order chi connectivity index (χ1) is 15.3. The summed E-state index contributed by atoms with van der Waals surface area (Å²) in [7, 11) is 1.65. The van der Waals surface area contributed by atoms with Gasteiger partial charge in [0.2, 0.25) is 0 Å². The zero-order chi connectivity index (χ0) is 22.9. The maximum absolute atomic E-state index is 11.6. The topological polar surface area (TPSA) is 128 Å². The molecule has 1 aromatic carbocycles. The quantitative estimate of drug-likeness (QED) is 0.325. The van der Waals surface area contributed by atoms with Crippen LogP contribution in [0.4, 0.5) is 5.82 Å². The Morgan fingerprint density at radius 1 is 1.44 bits per heavy atom. The Labute approximate surface area is 186 Å². The van der Waals surface area contributed by atoms with E-state index in [1.54, 1.807) is 7.05 Å². The molecule has 5 N–H and O–H groups in total. The predicted octanol–water partition coefficient (Wildman–Crippen LogP) is 1.31. The van der Waals surface area contributed by atoms with Crippen molar-refractivity contribution in [2.75, 3.05) is 19.0 Å². The molecular weight excluding hydrogens is 410 g/mol. The van der Waals surface area contributed by atoms with Gasteiger partial charge in [-0.25, -0.2) is 4.98 Å². The zero-order valence-electron chi connectivity index (χ0n) is 18.3. The molecule has 2 aliphatic rings. The molecule has 2 aromatic rings. The number of carbonyl (C=O) groups is 1. The minimum absolute atomic E-state index is 0.00349. The molecule has 1 aliphatic carbocycles. The Hall–Kier alpha value is -3.17. The zero-order valence-corrected chi connectivity index (χ0v) is 18.3. The lowest BCUT2D eigenvalue weighted by Crippen LogP contribution is -2.42. The number of fused-ring (bicyclic) bond motifs is 2. The first-order valence-corrected chi connectivity index (χ1v) is 10.6. The Balaban J connectivity index is 1.45. The van der Waals surface area contributed by atoms with Gasteiger partial charge in [-0.2, -0.15) is 0 Å². The van der Waals surface area contributed by atoms with Crippen molar-refractivity contribution >= 4 is 29.0 Å². The normalized spacial score (nSPS) is 27.1. The van der Waals surface area contributed by atoms with Gasteiger partial charge in [-0.1, -0.05) is 25.6 Å². The summed E-state index contributed by atoms with van der Waals surface area (Å²) in [5.41, 5.74) is 1.37. The molecule has 0 saturated heterocycles. The maximum atomic E-state index is 11.6. The highest BCUT2D eigenvalue weighted by Crippen LogP contribution is 2.42. The van der Waals surface area contributed by atoms with E-state index in [2.05, 4.69) is 32.5 Å². The molecule has 1 fully saturated rings. The summed E-state index contributed by atoms with van der Waals surface area (Å²) in [6.07, 6.45) is 1.76. The van der Waals surface area contributed by atoms with Crippen molar-refractivity contribution in [3.8, 4) is 5.75 Å². The van der Waals surface area contributed by atoms with Crippen LogP contribution >= 0.6 is 0 Å². The summed E-state index contributed by atoms with van der Waals surface area (Å²) >= 11 is 0. The Morgan fingerprint density at radius 3 is 3.03 bits per heavy atom. The van der Waals surface area contributed by atoms with Crippen LogP contribution in [0.1, 0.15) is 25.3 Å². The Kier molecular flexibility index (Phi) is 6.03. The standard InChI is InChI=1S/C23H29N5O4/c1-13(25-12-24-3)26-17-10-23(2,21(31)20(17)30)7-6-14-4-5-15-9-18-22(27-16(15)8-14)28-19(29)11-32-18/h4-5,8-9,12,17,20-21,26,30-31H,1,6-7,10-11H2,2-3H3,(H,24,25)(H,27,28,29)/t17-,20+,21+,23+/m1/s1. The van der Waals surface area contributed by atoms with Crippen molar-refractivity contribution in [1.82, 2.24) is 15.6 Å². The Bertz CT molecular complexity index is 1070. The molecule has 0 unspecified atom stereocenters. The number of carbonyl (C=O) groups excluding carboxylic acids is 1. The number of nitrogens with one attached hydrogen (secondary N) is 3. The molecule has 9 heteroatoms. The highest BCUT2D eigenvalue weighted by atomic mass is 16.5. The van der Waals surface area contributed by atoms with E-state index in [1.165, 1.54) is 6.34 Å². The van der Waals surface area contributed by atoms with Gasteiger partial charge in [-0.05, 0) is 42.4 Å². The number of aliphatic hydroxyl groups excluding tert-OH is 2. The predicted molar refractivity (Wildman–Crippen MR) is 123 cm³/mol. The molecule has 1 amide bonds. The van der Waals surface area contributed by atoms with E-state index in [-0.39, 0.29) is 18.6 Å². The molecule has 1 aromatic heterocycles. The summed E-state index contributed by atoms with van der Waals surface area (Å²) in [4.78, 5) is 20.0. The summed E-state index contributed by atoms with van der Waals surface area (Å²) in [6.45, 7) is 5.86. The van der Waals surface area contributed by atoms with Gasteiger partial charge in [0.15, 0.2) is 18.2 Å². The van der Waals surface area contributed by atoms with Crippen LogP contribution in [-0.4, -0.2) is 59.3 Å². The minimum atomic E-state index is -0.898. The monoisotopic (exact) mass is 439 g/mol. The lowest BCUT2D eigenvalue weighted by Gasteiger charge is -2.28. The molecule has 0 spiro atoms. The molecular formula is C23H29N5O4. The molecule has 32 heavy (non-hydrogen) atoms. The van der Waals surface area contributed by atoms with Gasteiger partial charge in [0.05, 0.1) is 29.8 Å². The van der Waals surface area contributed by atoms with Gasteiger partial charge in [0.1, 0.15) is 6.10 Å². The van der Waals surface area contributed by atoms with Crippen LogP contribution in [0.5, 0.6) is 5.75 Å². The number of aliphatic hydroxyl groups is 2. The maximum Gasteiger partial charge on any atom is 0.263 e. The van der Waals surface area contributed by atoms with Gasteiger partial charge in [-0.3, -0.25) is 9.79 Å². The van der Waals surface area contributed by atoms with Gasteiger partial charge in [0, 0.05) is 12.4 Å². The fourth-order valence-corrected chi connectivity index (χ4v) is 4.46. The van der Waals surface area contributed by atoms with Crippen LogP contribution < -0.4 is 20.7 Å². The summed E-state index contributed by atoms with van der Waals surface area (Å²) < 4.78 is 5.43. The lowest BCUT2D eigenvalue weighted by atomic mass is 9.80. The molecule has 9 nitrogen and oxygen atoms in total. The average Bonchev–Trinajstić information content (AvgIpc) is 2.98. The lowest BCUT2D eigenvalue weighted by molar-refractivity contribution is -0.118. The van der Waals surface area contributed by atoms with Gasteiger partial charge >= 0.3 is 0 Å².